The highest BCUT2D eigenvalue weighted by Crippen LogP contribution is 2.44. The van der Waals surface area contributed by atoms with E-state index in [0.717, 1.165) is 34.5 Å². The number of carbonyl (C=O) groups is 2. The number of non-ortho nitro benzene ring substituents is 2. The van der Waals surface area contributed by atoms with Crippen molar-refractivity contribution in [2.75, 3.05) is 17.8 Å². The van der Waals surface area contributed by atoms with Crippen LogP contribution in [-0.2, 0) is 35.7 Å². The normalized spacial score (nSPS) is 10.6. The van der Waals surface area contributed by atoms with Crippen molar-refractivity contribution >= 4 is 156 Å². The van der Waals surface area contributed by atoms with Gasteiger partial charge in [0.15, 0.2) is 57.5 Å². The van der Waals surface area contributed by atoms with Crippen molar-refractivity contribution in [1.82, 2.24) is 68.3 Å². The summed E-state index contributed by atoms with van der Waals surface area (Å²) in [4.78, 5) is 149. The third kappa shape index (κ3) is 29.8. The smallest absolute Gasteiger partial charge is 0.414 e. The highest BCUT2D eigenvalue weighted by Gasteiger charge is 2.24. The average molecular weight is 2140 g/mol. The van der Waals surface area contributed by atoms with Crippen molar-refractivity contribution < 1.29 is 65.4 Å². The zero-order valence-corrected chi connectivity index (χ0v) is 78.7. The number of nitrogens with two attached hydrogens (primary N) is 1. The monoisotopic (exact) mass is 2140 g/mol. The summed E-state index contributed by atoms with van der Waals surface area (Å²) >= 11 is 61.1. The Balaban J connectivity index is 0.000000172. The number of aromatic amines is 2. The molecule has 0 radical (unpaired) electrons. The number of nitriles is 2. The number of imide groups is 1. The maximum Gasteiger partial charge on any atom is 0.414 e. The third-order valence-electron chi connectivity index (χ3n) is 17.8. The fraction of sp³-hybridized carbons (Fsp3) is 0.0682. The number of aromatic nitrogens is 13. The number of amides is 2. The first-order chi connectivity index (χ1) is 67.7. The lowest BCUT2D eigenvalue weighted by molar-refractivity contribution is -0.385. The van der Waals surface area contributed by atoms with Gasteiger partial charge < -0.3 is 39.1 Å². The van der Waals surface area contributed by atoms with Gasteiger partial charge in [0.1, 0.15) is 35.4 Å². The number of nitro groups is 2. The molecule has 0 fully saturated rings. The maximum atomic E-state index is 13.1. The summed E-state index contributed by atoms with van der Waals surface area (Å²) in [6, 6.07) is 38.6. The van der Waals surface area contributed by atoms with Gasteiger partial charge in [0.25, 0.3) is 22.8 Å². The van der Waals surface area contributed by atoms with Crippen LogP contribution in [0.1, 0.15) is 34.9 Å². The van der Waals surface area contributed by atoms with Gasteiger partial charge in [-0.05, 0) is 114 Å². The molecule has 0 aliphatic heterocycles. The first kappa shape index (κ1) is 106. The molecule has 2 amide bonds. The molecular weight excluding hydrogens is 2090 g/mol. The molecule has 54 heteroatoms. The van der Waals surface area contributed by atoms with Crippen LogP contribution in [0.25, 0.3) is 5.69 Å². The van der Waals surface area contributed by atoms with E-state index in [1.165, 1.54) is 189 Å². The van der Waals surface area contributed by atoms with Gasteiger partial charge in [0.2, 0.25) is 11.4 Å². The molecule has 142 heavy (non-hydrogen) atoms. The molecule has 0 unspecified atom stereocenters. The van der Waals surface area contributed by atoms with E-state index in [4.69, 9.17) is 156 Å². The summed E-state index contributed by atoms with van der Waals surface area (Å²) in [7, 11) is 0. The summed E-state index contributed by atoms with van der Waals surface area (Å²) in [5.41, 5.74) is 5.35. The molecule has 9 aromatic carbocycles. The molecule has 0 atom stereocenters. The molecule has 0 aliphatic rings. The lowest BCUT2D eigenvalue weighted by atomic mass is 10.2. The Morgan fingerprint density at radius 1 is 0.465 bits per heavy atom. The molecule has 0 spiro atoms. The number of benzene rings is 9. The number of ether oxygens (including phenoxy) is 6. The standard InChI is InChI=1S/C23H17Cl2FN6O5.C21H11Cl2FN6O4.C17H10Cl2FN3O4.C17H12Cl2FN3O2.C10H5Cl2N3O4/c1-2-36-23(35)29-21(33)19(9-27)31-30-15-7-17(24)20(18(25)8-15)37-16-10-28-22(34)32(12-16)11-13-3-5-14(26)6-4-13;22-15-5-13(30-21(33)27-19(31)17(7-25)28-30)6-16(23)18(15)34-14-8-26-20(32)29(10-14)9-11-1-3-12(24)4-2-11;18-14-5-12(23(25)26)6-15(19)16(14)27-13-7-21-17(24)22(9-13)8-10-1-3-11(20)4-2-10;18-14-5-12(21)6-15(19)16(14)25-13-7-22-17(24)23(9-13)8-10-1-3-11(20)4-2-10;11-7-1-5(15(17)18)2-8(12)9(7)19-6-3-13-10(16)14-4-6/h3-8,10,12,30H,2,11H2,1H3,(H,29,33,35);1-6,8,10H,9H2,(H,27,31,33);1-7,9H,8H2;1-7,9H,8,21H2;1-4H,(H,13,14,16). The lowest BCUT2D eigenvalue weighted by Gasteiger charge is -2.13. The quantitative estimate of drug-likeness (QED) is 0.0117. The van der Waals surface area contributed by atoms with Gasteiger partial charge >= 0.3 is 40.2 Å². The second kappa shape index (κ2) is 49.2. The summed E-state index contributed by atoms with van der Waals surface area (Å²) in [5.74, 6) is -1.43. The van der Waals surface area contributed by atoms with Crippen LogP contribution in [0, 0.1) is 66.2 Å². The molecule has 6 aromatic heterocycles. The summed E-state index contributed by atoms with van der Waals surface area (Å²) in [5, 5.41) is 49.0. The van der Waals surface area contributed by atoms with Crippen LogP contribution in [0.4, 0.5) is 45.1 Å². The molecule has 0 aliphatic carbocycles. The van der Waals surface area contributed by atoms with Crippen molar-refractivity contribution in [3.8, 4) is 75.3 Å². The van der Waals surface area contributed by atoms with E-state index in [1.54, 1.807) is 43.3 Å². The van der Waals surface area contributed by atoms with Crippen molar-refractivity contribution in [2.24, 2.45) is 5.10 Å². The average Bonchev–Trinajstić information content (AvgIpc) is 0.793. The van der Waals surface area contributed by atoms with Gasteiger partial charge in [-0.1, -0.05) is 165 Å². The first-order valence-corrected chi connectivity index (χ1v) is 43.0. The Morgan fingerprint density at radius 3 is 1.08 bits per heavy atom. The predicted molar refractivity (Wildman–Crippen MR) is 512 cm³/mol. The van der Waals surface area contributed by atoms with E-state index in [-0.39, 0.29) is 175 Å². The van der Waals surface area contributed by atoms with Crippen LogP contribution in [-0.4, -0.2) is 97.1 Å². The number of nitrogens with zero attached hydrogens (tertiary/aromatic N) is 16. The first-order valence-electron chi connectivity index (χ1n) is 39.2. The van der Waals surface area contributed by atoms with Crippen LogP contribution >= 0.6 is 116 Å². The molecule has 0 bridgehead atoms. The molecule has 724 valence electrons. The number of H-pyrrole nitrogens is 2. The minimum absolute atomic E-state index is 0.00107. The van der Waals surface area contributed by atoms with E-state index in [1.807, 2.05) is 10.3 Å². The van der Waals surface area contributed by atoms with E-state index in [9.17, 15) is 80.9 Å². The Morgan fingerprint density at radius 2 is 0.775 bits per heavy atom. The number of nitrogens with one attached hydrogen (secondary N) is 4. The third-order valence-corrected chi connectivity index (χ3v) is 20.6. The second-order valence-electron chi connectivity index (χ2n) is 27.9. The number of alkyl carbamates (subject to hydrolysis) is 1. The number of hydrogen-bond acceptors (Lipinski definition) is 30. The number of halogens is 14. The number of hydrogen-bond donors (Lipinski definition) is 5. The van der Waals surface area contributed by atoms with E-state index < -0.39 is 84.6 Å². The highest BCUT2D eigenvalue weighted by atomic mass is 35.5. The lowest BCUT2D eigenvalue weighted by Crippen LogP contribution is -2.36. The molecule has 40 nitrogen and oxygen atoms in total. The Bertz CT molecular complexity index is 7780. The van der Waals surface area contributed by atoms with E-state index >= 15 is 0 Å². The number of carbonyl (C=O) groups excluding carboxylic acids is 2. The molecule has 15 rings (SSSR count). The molecule has 15 aromatic rings. The van der Waals surface area contributed by atoms with Gasteiger partial charge in [0, 0.05) is 30.0 Å². The van der Waals surface area contributed by atoms with E-state index in [2.05, 4.69) is 50.3 Å². The number of nitro benzene ring substituents is 2. The van der Waals surface area contributed by atoms with Gasteiger partial charge in [0.05, 0.1) is 166 Å². The summed E-state index contributed by atoms with van der Waals surface area (Å²) in [6.07, 6.45) is 11.9. The molecule has 0 saturated carbocycles. The van der Waals surface area contributed by atoms with Crippen LogP contribution in [0.2, 0.25) is 50.2 Å². The molecule has 0 saturated heterocycles. The van der Waals surface area contributed by atoms with Crippen LogP contribution < -0.4 is 79.9 Å². The van der Waals surface area contributed by atoms with Crippen molar-refractivity contribution in [1.29, 1.82) is 10.5 Å². The van der Waals surface area contributed by atoms with Gasteiger partial charge in [-0.3, -0.25) is 63.8 Å². The largest absolute Gasteiger partial charge is 0.451 e. The topological polar surface area (TPSA) is 539 Å². The second-order valence-corrected chi connectivity index (χ2v) is 31.9. The van der Waals surface area contributed by atoms with E-state index in [0.29, 0.717) is 22.4 Å². The van der Waals surface area contributed by atoms with Crippen molar-refractivity contribution in [3.05, 3.63) is 415 Å². The maximum absolute atomic E-state index is 13.1. The fourth-order valence-electron chi connectivity index (χ4n) is 11.4. The van der Waals surface area contributed by atoms with Crippen LogP contribution in [0.15, 0.2) is 258 Å². The minimum Gasteiger partial charge on any atom is -0.451 e. The predicted octanol–water partition coefficient (Wildman–Crippen LogP) is 18.1. The highest BCUT2D eigenvalue weighted by molar-refractivity contribution is 6.47. The summed E-state index contributed by atoms with van der Waals surface area (Å²) < 4.78 is 90.6. The molecule has 6 heterocycles. The zero-order chi connectivity index (χ0) is 103. The Hall–Kier alpha value is -16.4. The van der Waals surface area contributed by atoms with Crippen LogP contribution in [0.3, 0.4) is 0 Å². The van der Waals surface area contributed by atoms with Crippen molar-refractivity contribution in [3.63, 3.8) is 0 Å². The number of nitrogen functional groups attached to an aromatic ring is 1. The number of anilines is 2. The van der Waals surface area contributed by atoms with Gasteiger partial charge in [-0.25, -0.2) is 51.1 Å². The number of rotatable bonds is 25. The zero-order valence-electron chi connectivity index (χ0n) is 71.1. The number of hydrazone groups is 1. The fourth-order valence-corrected chi connectivity index (χ4v) is 14.2. The summed E-state index contributed by atoms with van der Waals surface area (Å²) in [6.45, 7) is 2.18. The SMILES string of the molecule is CCOC(=O)NC(=O)C(C#N)=NNc1cc(Cl)c(Oc2cnc(=O)n(Cc3ccc(F)cc3)c2)c(Cl)c1.N#Cc1nn(-c2cc(Cl)c(Oc3cnc(=O)n(Cc4ccc(F)cc4)c3)c(Cl)c2)c(=O)[nH]c1=O.Nc1cc(Cl)c(Oc2cnc(=O)n(Cc3ccc(F)cc3)c2)c(Cl)c1.O=c1ncc(Oc2c(Cl)cc([N+](=O)[O-])cc2Cl)c[nH]1.O=c1ncc(Oc2c(Cl)cc([N+](=O)[O-])cc2Cl)cn1Cc1ccc(F)cc1. The van der Waals surface area contributed by atoms with Gasteiger partial charge in [-0.2, -0.15) is 45.2 Å². The minimum atomic E-state index is -1.08. The van der Waals surface area contributed by atoms with Crippen LogP contribution in [0.5, 0.6) is 57.5 Å². The molecule has 6 N–H and O–H groups in total. The Kier molecular flexibility index (Phi) is 36.8. The van der Waals surface area contributed by atoms with Crippen molar-refractivity contribution in [2.45, 2.75) is 33.1 Å². The molecular formula is C88H55Cl10F4N21O19. The Labute approximate surface area is 840 Å². The van der Waals surface area contributed by atoms with Gasteiger partial charge in [-0.15, -0.1) is 5.10 Å².